The predicted octanol–water partition coefficient (Wildman–Crippen LogP) is 1.09. The quantitative estimate of drug-likeness (QED) is 0.446. The number of nitrogens with zero attached hydrogens (tertiary/aromatic N) is 3. The average Bonchev–Trinajstić information content (AvgIpc) is 2.85. The number of carbonyl (C=O) groups is 1. The number of nitrogen functional groups attached to an aromatic ring is 2. The number of carbonyl (C=O) groups excluding carboxylic acids is 1. The molecule has 22 heavy (non-hydrogen) atoms. The minimum atomic E-state index is -0.567. The van der Waals surface area contributed by atoms with Gasteiger partial charge in [0.15, 0.2) is 5.82 Å². The van der Waals surface area contributed by atoms with Crippen molar-refractivity contribution in [1.29, 1.82) is 0 Å². The van der Waals surface area contributed by atoms with Crippen molar-refractivity contribution >= 4 is 17.5 Å². The number of benzene rings is 1. The van der Waals surface area contributed by atoms with Gasteiger partial charge in [-0.05, 0) is 19.1 Å². The summed E-state index contributed by atoms with van der Waals surface area (Å²) in [5.41, 5.74) is 12.2. The Hall–Kier alpha value is -2.77. The van der Waals surface area contributed by atoms with Crippen LogP contribution in [-0.4, -0.2) is 34.2 Å². The molecule has 8 nitrogen and oxygen atoms in total. The summed E-state index contributed by atoms with van der Waals surface area (Å²) in [6.45, 7) is 2.93. The van der Waals surface area contributed by atoms with E-state index in [0.717, 1.165) is 0 Å². The van der Waals surface area contributed by atoms with Crippen LogP contribution in [0.2, 0.25) is 0 Å². The number of nitrogens with two attached hydrogens (primary N) is 2. The second-order valence-electron chi connectivity index (χ2n) is 4.54. The minimum Gasteiger partial charge on any atom is -0.493 e. The third-order valence-corrected chi connectivity index (χ3v) is 2.88. The Morgan fingerprint density at radius 3 is 2.91 bits per heavy atom. The summed E-state index contributed by atoms with van der Waals surface area (Å²) in [6.07, 6.45) is 0.657. The van der Waals surface area contributed by atoms with E-state index in [4.69, 9.17) is 20.9 Å². The van der Waals surface area contributed by atoms with Crippen molar-refractivity contribution < 1.29 is 14.3 Å². The molecule has 0 radical (unpaired) electrons. The van der Waals surface area contributed by atoms with Crippen LogP contribution in [0.3, 0.4) is 0 Å². The van der Waals surface area contributed by atoms with E-state index in [9.17, 15) is 4.79 Å². The summed E-state index contributed by atoms with van der Waals surface area (Å²) in [5, 5.41) is 7.58. The normalized spacial score (nSPS) is 10.4. The molecule has 0 aliphatic rings. The number of anilines is 2. The summed E-state index contributed by atoms with van der Waals surface area (Å²) in [7, 11) is 0. The monoisotopic (exact) mass is 305 g/mol. The van der Waals surface area contributed by atoms with E-state index in [2.05, 4.69) is 10.3 Å². The maximum Gasteiger partial charge on any atom is 0.362 e. The minimum absolute atomic E-state index is 0.0404. The largest absolute Gasteiger partial charge is 0.493 e. The van der Waals surface area contributed by atoms with Gasteiger partial charge in [0.25, 0.3) is 0 Å². The molecule has 8 heteroatoms. The topological polar surface area (TPSA) is 118 Å². The first kappa shape index (κ1) is 15.6. The molecule has 0 aliphatic carbocycles. The fourth-order valence-electron chi connectivity index (χ4n) is 1.84. The number of esters is 1. The van der Waals surface area contributed by atoms with E-state index in [0.29, 0.717) is 31.0 Å². The molecular formula is C14H19N5O3. The lowest BCUT2D eigenvalue weighted by molar-refractivity contribution is 0.0520. The van der Waals surface area contributed by atoms with Crippen LogP contribution in [0.4, 0.5) is 11.5 Å². The Morgan fingerprint density at radius 2 is 2.18 bits per heavy atom. The zero-order valence-corrected chi connectivity index (χ0v) is 12.4. The fourth-order valence-corrected chi connectivity index (χ4v) is 1.84. The molecule has 0 atom stereocenters. The van der Waals surface area contributed by atoms with Crippen LogP contribution < -0.4 is 16.2 Å². The van der Waals surface area contributed by atoms with E-state index < -0.39 is 5.97 Å². The van der Waals surface area contributed by atoms with E-state index in [-0.39, 0.29) is 18.1 Å². The van der Waals surface area contributed by atoms with E-state index in [1.807, 2.05) is 12.1 Å². The Bertz CT molecular complexity index is 641. The van der Waals surface area contributed by atoms with Crippen LogP contribution in [0.1, 0.15) is 23.8 Å². The van der Waals surface area contributed by atoms with Gasteiger partial charge in [-0.15, -0.1) is 5.10 Å². The molecule has 0 bridgehead atoms. The molecule has 0 amide bonds. The van der Waals surface area contributed by atoms with Crippen LogP contribution in [0.5, 0.6) is 5.75 Å². The second kappa shape index (κ2) is 7.30. The highest BCUT2D eigenvalue weighted by atomic mass is 16.5. The summed E-state index contributed by atoms with van der Waals surface area (Å²) in [4.78, 5) is 11.6. The smallest absolute Gasteiger partial charge is 0.362 e. The molecule has 2 aromatic rings. The van der Waals surface area contributed by atoms with Crippen LogP contribution in [0.15, 0.2) is 24.3 Å². The van der Waals surface area contributed by atoms with Gasteiger partial charge in [0.05, 0.1) is 13.2 Å². The van der Waals surface area contributed by atoms with Crippen molar-refractivity contribution in [3.05, 3.63) is 30.0 Å². The molecule has 0 spiro atoms. The highest BCUT2D eigenvalue weighted by Crippen LogP contribution is 2.15. The number of hydrogen-bond acceptors (Lipinski definition) is 7. The van der Waals surface area contributed by atoms with Gasteiger partial charge in [-0.1, -0.05) is 11.3 Å². The lowest BCUT2D eigenvalue weighted by Gasteiger charge is -2.07. The van der Waals surface area contributed by atoms with Crippen LogP contribution in [0, 0.1) is 0 Å². The third-order valence-electron chi connectivity index (χ3n) is 2.88. The van der Waals surface area contributed by atoms with Crippen LogP contribution >= 0.6 is 0 Å². The standard InChI is InChI=1S/C14H19N5O3/c1-2-21-14(20)12-13(16)19(18-17-12)7-4-8-22-11-6-3-5-10(15)9-11/h3,5-6,9H,2,4,7-8,15-16H2,1H3. The van der Waals surface area contributed by atoms with Crippen LogP contribution in [-0.2, 0) is 11.3 Å². The molecule has 2 rings (SSSR count). The number of aromatic nitrogens is 3. The SMILES string of the molecule is CCOC(=O)c1nnn(CCCOc2cccc(N)c2)c1N. The maximum atomic E-state index is 11.6. The van der Waals surface area contributed by atoms with Crippen molar-refractivity contribution in [3.8, 4) is 5.75 Å². The van der Waals surface area contributed by atoms with Gasteiger partial charge in [0.1, 0.15) is 5.75 Å². The summed E-state index contributed by atoms with van der Waals surface area (Å²) >= 11 is 0. The fraction of sp³-hybridized carbons (Fsp3) is 0.357. The summed E-state index contributed by atoms with van der Waals surface area (Å²) in [6, 6.07) is 7.20. The Kier molecular flexibility index (Phi) is 5.18. The molecule has 0 aliphatic heterocycles. The van der Waals surface area contributed by atoms with Crippen LogP contribution in [0.25, 0.3) is 0 Å². The lowest BCUT2D eigenvalue weighted by atomic mass is 10.3. The second-order valence-corrected chi connectivity index (χ2v) is 4.54. The molecule has 1 aromatic carbocycles. The molecule has 4 N–H and O–H groups in total. The number of ether oxygens (including phenoxy) is 2. The summed E-state index contributed by atoms with van der Waals surface area (Å²) in [5.74, 6) is 0.337. The van der Waals surface area contributed by atoms with Gasteiger partial charge < -0.3 is 20.9 Å². The van der Waals surface area contributed by atoms with Gasteiger partial charge in [-0.3, -0.25) is 0 Å². The predicted molar refractivity (Wildman–Crippen MR) is 81.4 cm³/mol. The molecule has 0 unspecified atom stereocenters. The van der Waals surface area contributed by atoms with E-state index in [1.165, 1.54) is 4.68 Å². The lowest BCUT2D eigenvalue weighted by Crippen LogP contribution is -2.11. The third kappa shape index (κ3) is 3.87. The zero-order chi connectivity index (χ0) is 15.9. The Labute approximate surface area is 128 Å². The Morgan fingerprint density at radius 1 is 1.36 bits per heavy atom. The molecule has 0 saturated heterocycles. The molecule has 1 heterocycles. The molecule has 118 valence electrons. The van der Waals surface area contributed by atoms with Crippen molar-refractivity contribution in [2.45, 2.75) is 19.9 Å². The van der Waals surface area contributed by atoms with Gasteiger partial charge in [-0.2, -0.15) is 0 Å². The first-order valence-corrected chi connectivity index (χ1v) is 6.96. The Balaban J connectivity index is 1.83. The first-order valence-electron chi connectivity index (χ1n) is 6.96. The maximum absolute atomic E-state index is 11.6. The van der Waals surface area contributed by atoms with Crippen molar-refractivity contribution in [2.75, 3.05) is 24.7 Å². The number of hydrogen-bond donors (Lipinski definition) is 2. The van der Waals surface area contributed by atoms with E-state index in [1.54, 1.807) is 19.1 Å². The highest BCUT2D eigenvalue weighted by Gasteiger charge is 2.18. The van der Waals surface area contributed by atoms with Crippen molar-refractivity contribution in [3.63, 3.8) is 0 Å². The molecule has 1 aromatic heterocycles. The number of rotatable bonds is 7. The average molecular weight is 305 g/mol. The van der Waals surface area contributed by atoms with E-state index >= 15 is 0 Å². The zero-order valence-electron chi connectivity index (χ0n) is 12.4. The van der Waals surface area contributed by atoms with Gasteiger partial charge in [-0.25, -0.2) is 9.48 Å². The highest BCUT2D eigenvalue weighted by molar-refractivity contribution is 5.91. The molecule has 0 saturated carbocycles. The summed E-state index contributed by atoms with van der Waals surface area (Å²) < 4.78 is 11.9. The first-order chi connectivity index (χ1) is 10.6. The van der Waals surface area contributed by atoms with Gasteiger partial charge in [0, 0.05) is 24.7 Å². The van der Waals surface area contributed by atoms with Gasteiger partial charge in [0.2, 0.25) is 5.69 Å². The molecule has 0 fully saturated rings. The number of aryl methyl sites for hydroxylation is 1. The van der Waals surface area contributed by atoms with Gasteiger partial charge >= 0.3 is 5.97 Å². The van der Waals surface area contributed by atoms with Crippen molar-refractivity contribution in [2.24, 2.45) is 0 Å². The van der Waals surface area contributed by atoms with Crippen molar-refractivity contribution in [1.82, 2.24) is 15.0 Å². The molecular weight excluding hydrogens is 286 g/mol.